The number of benzene rings is 3. The Kier molecular flexibility index (Phi) is 6.93. The van der Waals surface area contributed by atoms with Crippen LogP contribution in [0.3, 0.4) is 0 Å². The molecular weight excluding hydrogens is 350 g/mol. The van der Waals surface area contributed by atoms with Gasteiger partial charge in [-0.25, -0.2) is 0 Å². The minimum absolute atomic E-state index is 0.811. The van der Waals surface area contributed by atoms with Gasteiger partial charge in [-0.3, -0.25) is 4.90 Å². The molecule has 4 nitrogen and oxygen atoms in total. The lowest BCUT2D eigenvalue weighted by molar-refractivity contribution is 0.246. The average molecular weight is 377 g/mol. The van der Waals surface area contributed by atoms with Crippen LogP contribution < -0.4 is 14.2 Å². The molecule has 3 rings (SSSR count). The van der Waals surface area contributed by atoms with Gasteiger partial charge < -0.3 is 14.2 Å². The van der Waals surface area contributed by atoms with Crippen LogP contribution in [0.25, 0.3) is 0 Å². The van der Waals surface area contributed by atoms with Crippen LogP contribution in [-0.4, -0.2) is 26.2 Å². The maximum atomic E-state index is 5.38. The summed E-state index contributed by atoms with van der Waals surface area (Å²) >= 11 is 0. The van der Waals surface area contributed by atoms with Crippen LogP contribution in [0.4, 0.5) is 0 Å². The summed E-state index contributed by atoms with van der Waals surface area (Å²) < 4.78 is 16.1. The number of methoxy groups -OCH3 is 3. The average Bonchev–Trinajstić information content (AvgIpc) is 2.74. The van der Waals surface area contributed by atoms with Crippen molar-refractivity contribution in [2.45, 2.75) is 19.6 Å². The third-order valence-electron chi connectivity index (χ3n) is 4.62. The highest BCUT2D eigenvalue weighted by Gasteiger charge is 2.10. The zero-order valence-corrected chi connectivity index (χ0v) is 16.7. The van der Waals surface area contributed by atoms with Crippen molar-refractivity contribution in [3.8, 4) is 17.2 Å². The van der Waals surface area contributed by atoms with Gasteiger partial charge in [0.25, 0.3) is 0 Å². The lowest BCUT2D eigenvalue weighted by atomic mass is 10.1. The third kappa shape index (κ3) is 5.51. The van der Waals surface area contributed by atoms with E-state index in [-0.39, 0.29) is 0 Å². The van der Waals surface area contributed by atoms with E-state index in [4.69, 9.17) is 14.2 Å². The van der Waals surface area contributed by atoms with Crippen LogP contribution in [-0.2, 0) is 19.6 Å². The predicted molar refractivity (Wildman–Crippen MR) is 112 cm³/mol. The van der Waals surface area contributed by atoms with E-state index in [0.29, 0.717) is 0 Å². The maximum absolute atomic E-state index is 5.38. The van der Waals surface area contributed by atoms with Gasteiger partial charge >= 0.3 is 0 Å². The summed E-state index contributed by atoms with van der Waals surface area (Å²) in [4.78, 5) is 2.40. The lowest BCUT2D eigenvalue weighted by Crippen LogP contribution is -2.22. The Labute approximate surface area is 167 Å². The van der Waals surface area contributed by atoms with Crippen LogP contribution >= 0.6 is 0 Å². The van der Waals surface area contributed by atoms with E-state index >= 15 is 0 Å². The highest BCUT2D eigenvalue weighted by Crippen LogP contribution is 2.21. The number of rotatable bonds is 9. The molecule has 0 aromatic heterocycles. The molecule has 0 atom stereocenters. The summed E-state index contributed by atoms with van der Waals surface area (Å²) in [7, 11) is 5.09. The lowest BCUT2D eigenvalue weighted by Gasteiger charge is -2.23. The first-order valence-corrected chi connectivity index (χ1v) is 9.31. The molecule has 0 heterocycles. The molecule has 3 aromatic carbocycles. The Morgan fingerprint density at radius 3 is 1.14 bits per heavy atom. The molecule has 4 heteroatoms. The summed E-state index contributed by atoms with van der Waals surface area (Å²) in [5.41, 5.74) is 3.64. The van der Waals surface area contributed by atoms with Crippen LogP contribution in [0.1, 0.15) is 16.7 Å². The van der Waals surface area contributed by atoms with E-state index in [1.54, 1.807) is 21.3 Å². The zero-order valence-electron chi connectivity index (χ0n) is 16.7. The molecule has 0 N–H and O–H groups in total. The summed E-state index contributed by atoms with van der Waals surface area (Å²) in [5.74, 6) is 2.63. The third-order valence-corrected chi connectivity index (χ3v) is 4.62. The molecule has 0 aliphatic carbocycles. The fourth-order valence-corrected chi connectivity index (χ4v) is 3.25. The Morgan fingerprint density at radius 2 is 0.857 bits per heavy atom. The maximum Gasteiger partial charge on any atom is 0.119 e. The number of hydrogen-bond donors (Lipinski definition) is 0. The zero-order chi connectivity index (χ0) is 19.8. The van der Waals surface area contributed by atoms with Crippen molar-refractivity contribution >= 4 is 0 Å². The SMILES string of the molecule is COc1cccc(CN(Cc2cccc(OC)c2)Cc2cccc(OC)c2)c1. The molecule has 0 bridgehead atoms. The first-order valence-electron chi connectivity index (χ1n) is 9.31. The van der Waals surface area contributed by atoms with E-state index in [1.807, 2.05) is 36.4 Å². The first kappa shape index (κ1) is 19.8. The monoisotopic (exact) mass is 377 g/mol. The van der Waals surface area contributed by atoms with Crippen molar-refractivity contribution in [2.75, 3.05) is 21.3 Å². The fourth-order valence-electron chi connectivity index (χ4n) is 3.25. The van der Waals surface area contributed by atoms with Crippen molar-refractivity contribution in [3.63, 3.8) is 0 Å². The molecule has 3 aromatic rings. The molecule has 0 aliphatic heterocycles. The molecule has 0 radical (unpaired) electrons. The van der Waals surface area contributed by atoms with Gasteiger partial charge in [-0.05, 0) is 53.1 Å². The van der Waals surface area contributed by atoms with Crippen LogP contribution in [0.15, 0.2) is 72.8 Å². The van der Waals surface area contributed by atoms with Gasteiger partial charge in [-0.1, -0.05) is 36.4 Å². The number of nitrogens with zero attached hydrogens (tertiary/aromatic N) is 1. The predicted octanol–water partition coefficient (Wildman–Crippen LogP) is 4.91. The van der Waals surface area contributed by atoms with Crippen molar-refractivity contribution < 1.29 is 14.2 Å². The first-order chi connectivity index (χ1) is 13.7. The molecule has 0 amide bonds. The Bertz CT molecular complexity index is 777. The molecule has 146 valence electrons. The van der Waals surface area contributed by atoms with Crippen molar-refractivity contribution in [2.24, 2.45) is 0 Å². The smallest absolute Gasteiger partial charge is 0.119 e. The van der Waals surface area contributed by atoms with Crippen LogP contribution in [0.2, 0.25) is 0 Å². The summed E-state index contributed by atoms with van der Waals surface area (Å²) in [5, 5.41) is 0. The molecule has 0 saturated heterocycles. The molecule has 0 fully saturated rings. The molecular formula is C24H27NO3. The minimum Gasteiger partial charge on any atom is -0.497 e. The normalized spacial score (nSPS) is 10.7. The van der Waals surface area contributed by atoms with Gasteiger partial charge in [0, 0.05) is 19.6 Å². The summed E-state index contributed by atoms with van der Waals surface area (Å²) in [6.07, 6.45) is 0. The number of hydrogen-bond acceptors (Lipinski definition) is 4. The second-order valence-electron chi connectivity index (χ2n) is 6.70. The van der Waals surface area contributed by atoms with Gasteiger partial charge in [0.05, 0.1) is 21.3 Å². The Morgan fingerprint density at radius 1 is 0.536 bits per heavy atom. The highest BCUT2D eigenvalue weighted by atomic mass is 16.5. The largest absolute Gasteiger partial charge is 0.497 e. The van der Waals surface area contributed by atoms with Gasteiger partial charge in [-0.2, -0.15) is 0 Å². The topological polar surface area (TPSA) is 30.9 Å². The van der Waals surface area contributed by atoms with Gasteiger partial charge in [-0.15, -0.1) is 0 Å². The van der Waals surface area contributed by atoms with E-state index < -0.39 is 0 Å². The Hall–Kier alpha value is -2.98. The van der Waals surface area contributed by atoms with Crippen LogP contribution in [0, 0.1) is 0 Å². The van der Waals surface area contributed by atoms with E-state index in [2.05, 4.69) is 41.3 Å². The number of ether oxygens (including phenoxy) is 3. The molecule has 0 unspecified atom stereocenters. The van der Waals surface area contributed by atoms with Crippen molar-refractivity contribution in [3.05, 3.63) is 89.5 Å². The van der Waals surface area contributed by atoms with E-state index in [1.165, 1.54) is 16.7 Å². The molecule has 0 spiro atoms. The van der Waals surface area contributed by atoms with E-state index in [0.717, 1.165) is 36.9 Å². The quantitative estimate of drug-likeness (QED) is 0.530. The molecule has 0 aliphatic rings. The Balaban J connectivity index is 1.83. The van der Waals surface area contributed by atoms with Crippen molar-refractivity contribution in [1.29, 1.82) is 0 Å². The minimum atomic E-state index is 0.811. The molecule has 0 saturated carbocycles. The summed E-state index contributed by atoms with van der Waals surface area (Å²) in [6.45, 7) is 2.43. The highest BCUT2D eigenvalue weighted by molar-refractivity contribution is 5.31. The van der Waals surface area contributed by atoms with E-state index in [9.17, 15) is 0 Å². The molecule has 28 heavy (non-hydrogen) atoms. The van der Waals surface area contributed by atoms with Crippen LogP contribution in [0.5, 0.6) is 17.2 Å². The van der Waals surface area contributed by atoms with Crippen molar-refractivity contribution in [1.82, 2.24) is 4.90 Å². The second kappa shape index (κ2) is 9.81. The fraction of sp³-hybridized carbons (Fsp3) is 0.250. The van der Waals surface area contributed by atoms with Gasteiger partial charge in [0.2, 0.25) is 0 Å². The van der Waals surface area contributed by atoms with Gasteiger partial charge in [0.1, 0.15) is 17.2 Å². The summed E-state index contributed by atoms with van der Waals surface area (Å²) in [6, 6.07) is 24.7. The second-order valence-corrected chi connectivity index (χ2v) is 6.70. The standard InChI is InChI=1S/C24H27NO3/c1-26-22-10-4-7-19(13-22)16-25(17-20-8-5-11-23(14-20)27-2)18-21-9-6-12-24(15-21)28-3/h4-15H,16-18H2,1-3H3. The van der Waals surface area contributed by atoms with Gasteiger partial charge in [0.15, 0.2) is 0 Å².